The zero-order valence-electron chi connectivity index (χ0n) is 15.2. The highest BCUT2D eigenvalue weighted by molar-refractivity contribution is 7.92. The van der Waals surface area contributed by atoms with Gasteiger partial charge < -0.3 is 10.1 Å². The fraction of sp³-hybridized carbons (Fsp3) is 0.316. The number of hydrogen-bond donors (Lipinski definition) is 2. The molecule has 0 spiro atoms. The first kappa shape index (κ1) is 18.3. The normalized spacial score (nSPS) is 17.1. The van der Waals surface area contributed by atoms with Crippen LogP contribution in [0.4, 0.5) is 11.4 Å². The van der Waals surface area contributed by atoms with Crippen molar-refractivity contribution in [2.75, 3.05) is 10.0 Å². The number of rotatable bonds is 3. The predicted molar refractivity (Wildman–Crippen MR) is 101 cm³/mol. The zero-order chi connectivity index (χ0) is 19.1. The summed E-state index contributed by atoms with van der Waals surface area (Å²) in [7, 11) is -3.78. The standard InChI is InChI=1S/C19H22N2O4S/c1-12-18(22)20-16-11-15(9-10-17(16)25-12)26(23,24)21-14-7-5-13(6-8-14)19(2,3)4/h5-12,21H,1-4H3,(H,20,22). The molecule has 2 N–H and O–H groups in total. The number of fused-ring (bicyclic) bond motifs is 1. The topological polar surface area (TPSA) is 84.5 Å². The number of hydrogen-bond acceptors (Lipinski definition) is 4. The highest BCUT2D eigenvalue weighted by Gasteiger charge is 2.25. The van der Waals surface area contributed by atoms with Crippen LogP contribution in [-0.4, -0.2) is 20.4 Å². The van der Waals surface area contributed by atoms with E-state index in [4.69, 9.17) is 4.74 Å². The lowest BCUT2D eigenvalue weighted by Gasteiger charge is -2.23. The van der Waals surface area contributed by atoms with E-state index >= 15 is 0 Å². The van der Waals surface area contributed by atoms with E-state index in [0.29, 0.717) is 17.1 Å². The first-order chi connectivity index (χ1) is 12.1. The number of nitrogens with one attached hydrogen (secondary N) is 2. The SMILES string of the molecule is CC1Oc2ccc(S(=O)(=O)Nc3ccc(C(C)(C)C)cc3)cc2NC1=O. The Bertz CT molecular complexity index is 944. The average Bonchev–Trinajstić information content (AvgIpc) is 2.55. The molecule has 6 nitrogen and oxygen atoms in total. The minimum Gasteiger partial charge on any atom is -0.479 e. The van der Waals surface area contributed by atoms with E-state index < -0.39 is 16.1 Å². The molecular formula is C19H22N2O4S. The fourth-order valence-electron chi connectivity index (χ4n) is 2.61. The quantitative estimate of drug-likeness (QED) is 0.861. The summed E-state index contributed by atoms with van der Waals surface area (Å²) >= 11 is 0. The van der Waals surface area contributed by atoms with Gasteiger partial charge in [-0.15, -0.1) is 0 Å². The maximum absolute atomic E-state index is 12.7. The van der Waals surface area contributed by atoms with Gasteiger partial charge in [0.05, 0.1) is 10.6 Å². The van der Waals surface area contributed by atoms with Crippen molar-refractivity contribution in [1.29, 1.82) is 0 Å². The largest absolute Gasteiger partial charge is 0.479 e. The number of carbonyl (C=O) groups is 1. The van der Waals surface area contributed by atoms with Crippen molar-refractivity contribution in [2.24, 2.45) is 0 Å². The number of benzene rings is 2. The summed E-state index contributed by atoms with van der Waals surface area (Å²) in [5.74, 6) is 0.142. The third-order valence-corrected chi connectivity index (χ3v) is 5.57. The van der Waals surface area contributed by atoms with Gasteiger partial charge in [0.1, 0.15) is 5.75 Å². The highest BCUT2D eigenvalue weighted by atomic mass is 32.2. The highest BCUT2D eigenvalue weighted by Crippen LogP contribution is 2.32. The van der Waals surface area contributed by atoms with Crippen LogP contribution in [0.15, 0.2) is 47.4 Å². The second kappa shape index (κ2) is 6.32. The minimum absolute atomic E-state index is 0.00869. The van der Waals surface area contributed by atoms with Gasteiger partial charge in [0.25, 0.3) is 15.9 Å². The Hall–Kier alpha value is -2.54. The third kappa shape index (κ3) is 3.67. The van der Waals surface area contributed by atoms with Gasteiger partial charge in [-0.05, 0) is 48.2 Å². The van der Waals surface area contributed by atoms with Gasteiger partial charge in [-0.25, -0.2) is 8.42 Å². The molecule has 1 unspecified atom stereocenters. The van der Waals surface area contributed by atoms with Crippen LogP contribution >= 0.6 is 0 Å². The lowest BCUT2D eigenvalue weighted by molar-refractivity contribution is -0.122. The van der Waals surface area contributed by atoms with E-state index in [1.165, 1.54) is 12.1 Å². The van der Waals surface area contributed by atoms with Crippen molar-refractivity contribution in [3.05, 3.63) is 48.0 Å². The van der Waals surface area contributed by atoms with Crippen LogP contribution in [0.5, 0.6) is 5.75 Å². The molecule has 138 valence electrons. The Balaban J connectivity index is 1.85. The van der Waals surface area contributed by atoms with Gasteiger partial charge in [0.2, 0.25) is 0 Å². The van der Waals surface area contributed by atoms with E-state index in [1.54, 1.807) is 25.1 Å². The average molecular weight is 374 g/mol. The van der Waals surface area contributed by atoms with Crippen molar-refractivity contribution in [3.8, 4) is 5.75 Å². The van der Waals surface area contributed by atoms with E-state index in [0.717, 1.165) is 5.56 Å². The molecule has 0 saturated heterocycles. The van der Waals surface area contributed by atoms with Crippen LogP contribution in [0, 0.1) is 0 Å². The number of sulfonamides is 1. The second-order valence-corrected chi connectivity index (χ2v) is 9.02. The summed E-state index contributed by atoms with van der Waals surface area (Å²) in [6.45, 7) is 7.91. The zero-order valence-corrected chi connectivity index (χ0v) is 16.0. The van der Waals surface area contributed by atoms with Gasteiger partial charge in [0.15, 0.2) is 6.10 Å². The van der Waals surface area contributed by atoms with Crippen LogP contribution < -0.4 is 14.8 Å². The van der Waals surface area contributed by atoms with Crippen molar-refractivity contribution >= 4 is 27.3 Å². The van der Waals surface area contributed by atoms with Gasteiger partial charge in [-0.2, -0.15) is 0 Å². The molecule has 0 aromatic heterocycles. The second-order valence-electron chi connectivity index (χ2n) is 7.34. The Morgan fingerprint density at radius 2 is 1.73 bits per heavy atom. The van der Waals surface area contributed by atoms with Crippen LogP contribution in [0.25, 0.3) is 0 Å². The molecule has 1 heterocycles. The summed E-state index contributed by atoms with van der Waals surface area (Å²) in [5.41, 5.74) is 1.93. The molecule has 0 aliphatic carbocycles. The fourth-order valence-corrected chi connectivity index (χ4v) is 3.69. The summed E-state index contributed by atoms with van der Waals surface area (Å²) in [6, 6.07) is 11.7. The molecule has 0 radical (unpaired) electrons. The maximum atomic E-state index is 12.7. The molecule has 0 saturated carbocycles. The minimum atomic E-state index is -3.78. The molecule has 7 heteroatoms. The van der Waals surface area contributed by atoms with Gasteiger partial charge in [-0.3, -0.25) is 9.52 Å². The summed E-state index contributed by atoms with van der Waals surface area (Å²) < 4.78 is 33.3. The van der Waals surface area contributed by atoms with E-state index in [9.17, 15) is 13.2 Å². The van der Waals surface area contributed by atoms with E-state index in [-0.39, 0.29) is 16.2 Å². The predicted octanol–water partition coefficient (Wildman–Crippen LogP) is 3.50. The Morgan fingerprint density at radius 1 is 1.08 bits per heavy atom. The Morgan fingerprint density at radius 3 is 2.35 bits per heavy atom. The molecule has 0 fully saturated rings. The monoisotopic (exact) mass is 374 g/mol. The first-order valence-electron chi connectivity index (χ1n) is 8.31. The molecule has 0 bridgehead atoms. The third-order valence-electron chi connectivity index (χ3n) is 4.20. The number of anilines is 2. The van der Waals surface area contributed by atoms with Crippen molar-refractivity contribution in [1.82, 2.24) is 0 Å². The molecule has 1 aliphatic rings. The summed E-state index contributed by atoms with van der Waals surface area (Å²) in [4.78, 5) is 11.8. The van der Waals surface area contributed by atoms with Crippen molar-refractivity contribution < 1.29 is 17.9 Å². The first-order valence-corrected chi connectivity index (χ1v) is 9.79. The lowest BCUT2D eigenvalue weighted by Crippen LogP contribution is -2.34. The van der Waals surface area contributed by atoms with Crippen molar-refractivity contribution in [3.63, 3.8) is 0 Å². The maximum Gasteiger partial charge on any atom is 0.265 e. The van der Waals surface area contributed by atoms with Crippen LogP contribution in [-0.2, 0) is 20.2 Å². The Labute approximate surface area is 153 Å². The molecule has 1 atom stereocenters. The summed E-state index contributed by atoms with van der Waals surface area (Å²) in [6.07, 6.45) is -0.607. The molecule has 3 rings (SSSR count). The van der Waals surface area contributed by atoms with E-state index in [2.05, 4.69) is 30.8 Å². The molecule has 1 amide bonds. The van der Waals surface area contributed by atoms with Crippen molar-refractivity contribution in [2.45, 2.75) is 44.1 Å². The van der Waals surface area contributed by atoms with E-state index in [1.807, 2.05) is 12.1 Å². The smallest absolute Gasteiger partial charge is 0.265 e. The lowest BCUT2D eigenvalue weighted by atomic mass is 9.87. The molecular weight excluding hydrogens is 352 g/mol. The van der Waals surface area contributed by atoms with Crippen LogP contribution in [0.1, 0.15) is 33.3 Å². The molecule has 2 aromatic carbocycles. The number of carbonyl (C=O) groups excluding carboxylic acids is 1. The number of amides is 1. The molecule has 2 aromatic rings. The molecule has 1 aliphatic heterocycles. The molecule has 26 heavy (non-hydrogen) atoms. The van der Waals surface area contributed by atoms with Gasteiger partial charge >= 0.3 is 0 Å². The van der Waals surface area contributed by atoms with Gasteiger partial charge in [0, 0.05) is 5.69 Å². The number of ether oxygens (including phenoxy) is 1. The van der Waals surface area contributed by atoms with Crippen LogP contribution in [0.3, 0.4) is 0 Å². The summed E-state index contributed by atoms with van der Waals surface area (Å²) in [5, 5.41) is 2.65. The Kier molecular flexibility index (Phi) is 4.44. The van der Waals surface area contributed by atoms with Crippen LogP contribution in [0.2, 0.25) is 0 Å². The van der Waals surface area contributed by atoms with Gasteiger partial charge in [-0.1, -0.05) is 32.9 Å².